The molecule has 0 saturated carbocycles. The Morgan fingerprint density at radius 2 is 1.45 bits per heavy atom. The third kappa shape index (κ3) is 5.01. The minimum Gasteiger partial charge on any atom is -0.282 e. The molecular formula is C18H10IN2O10S2. The molecule has 0 spiro atoms. The van der Waals surface area contributed by atoms with Gasteiger partial charge in [-0.05, 0) is 58.5 Å². The van der Waals surface area contributed by atoms with Crippen LogP contribution >= 0.6 is 22.6 Å². The minimum atomic E-state index is -5.27. The fourth-order valence-corrected chi connectivity index (χ4v) is 4.71. The summed E-state index contributed by atoms with van der Waals surface area (Å²) in [7, 11) is -10.2. The van der Waals surface area contributed by atoms with E-state index in [1.807, 2.05) is 22.6 Å². The predicted molar refractivity (Wildman–Crippen MR) is 122 cm³/mol. The number of nitro groups is 2. The number of halogens is 1. The molecule has 0 aliphatic rings. The second kappa shape index (κ2) is 8.75. The normalized spacial score (nSPS) is 11.8. The van der Waals surface area contributed by atoms with Gasteiger partial charge in [-0.15, -0.1) is 0 Å². The third-order valence-corrected chi connectivity index (χ3v) is 6.86. The Bertz CT molecular complexity index is 1520. The Labute approximate surface area is 199 Å². The first-order chi connectivity index (χ1) is 15.2. The summed E-state index contributed by atoms with van der Waals surface area (Å²) in [4.78, 5) is 19.5. The molecule has 0 atom stereocenters. The summed E-state index contributed by atoms with van der Waals surface area (Å²) < 4.78 is 66.5. The van der Waals surface area contributed by atoms with E-state index in [9.17, 15) is 46.2 Å². The van der Waals surface area contributed by atoms with Crippen molar-refractivity contribution in [3.8, 4) is 22.3 Å². The number of hydrogen-bond acceptors (Lipinski definition) is 8. The van der Waals surface area contributed by atoms with Crippen molar-refractivity contribution in [1.82, 2.24) is 0 Å². The molecule has 0 saturated heterocycles. The van der Waals surface area contributed by atoms with E-state index in [1.54, 1.807) is 12.1 Å². The molecule has 0 amide bonds. The van der Waals surface area contributed by atoms with Gasteiger partial charge in [0.2, 0.25) is 0 Å². The van der Waals surface area contributed by atoms with Gasteiger partial charge in [0.1, 0.15) is 10.5 Å². The van der Waals surface area contributed by atoms with Crippen molar-refractivity contribution in [3.63, 3.8) is 0 Å². The lowest BCUT2D eigenvalue weighted by molar-refractivity contribution is -0.392. The Balaban J connectivity index is 2.53. The lowest BCUT2D eigenvalue weighted by atomic mass is 9.94. The molecule has 33 heavy (non-hydrogen) atoms. The molecule has 2 N–H and O–H groups in total. The Morgan fingerprint density at radius 1 is 0.848 bits per heavy atom. The number of benzene rings is 3. The van der Waals surface area contributed by atoms with Gasteiger partial charge < -0.3 is 0 Å². The standard InChI is InChI=1S/C18H10IN2O10S2/c19-11-3-1-10(2-4-11)13-7-8-15(20(22)23)17(18(13)21(24)25)14-6-5-12(32(26,27)28)9-16(14)33(29,30)31/h1-7,9H,(H,26,27,28)(H,29,30,31). The van der Waals surface area contributed by atoms with Crippen molar-refractivity contribution in [1.29, 1.82) is 0 Å². The summed E-state index contributed by atoms with van der Waals surface area (Å²) in [5.41, 5.74) is -3.29. The smallest absolute Gasteiger partial charge is 0.282 e. The topological polar surface area (TPSA) is 195 Å². The molecule has 12 nitrogen and oxygen atoms in total. The second-order valence-corrected chi connectivity index (χ2v) is 10.5. The maximum absolute atomic E-state index is 12.0. The average molecular weight is 605 g/mol. The second-order valence-electron chi connectivity index (χ2n) is 6.40. The first-order valence-electron chi connectivity index (χ1n) is 8.44. The van der Waals surface area contributed by atoms with Gasteiger partial charge in [0.15, 0.2) is 0 Å². The zero-order valence-electron chi connectivity index (χ0n) is 15.9. The van der Waals surface area contributed by atoms with Crippen molar-refractivity contribution in [2.45, 2.75) is 9.79 Å². The van der Waals surface area contributed by atoms with E-state index >= 15 is 0 Å². The van der Waals surface area contributed by atoms with Gasteiger partial charge in [0.25, 0.3) is 31.6 Å². The Morgan fingerprint density at radius 3 is 1.94 bits per heavy atom. The van der Waals surface area contributed by atoms with Gasteiger partial charge in [-0.3, -0.25) is 29.3 Å². The van der Waals surface area contributed by atoms with Crippen LogP contribution in [0.15, 0.2) is 58.3 Å². The lowest BCUT2D eigenvalue weighted by Crippen LogP contribution is -2.07. The molecule has 15 heteroatoms. The van der Waals surface area contributed by atoms with Gasteiger partial charge in [-0.1, -0.05) is 18.2 Å². The Kier molecular flexibility index (Phi) is 6.53. The summed E-state index contributed by atoms with van der Waals surface area (Å²) in [6.45, 7) is 0. The van der Waals surface area contributed by atoms with Crippen molar-refractivity contribution in [3.05, 3.63) is 78.4 Å². The molecule has 3 rings (SSSR count). The van der Waals surface area contributed by atoms with Crippen molar-refractivity contribution < 1.29 is 35.8 Å². The van der Waals surface area contributed by atoms with Crippen molar-refractivity contribution in [2.75, 3.05) is 0 Å². The molecular weight excluding hydrogens is 595 g/mol. The molecule has 0 aromatic heterocycles. The van der Waals surface area contributed by atoms with Crippen LogP contribution in [0.3, 0.4) is 0 Å². The van der Waals surface area contributed by atoms with Crippen LogP contribution in [0.1, 0.15) is 0 Å². The fourth-order valence-electron chi connectivity index (χ4n) is 3.05. The number of nitrogens with zero attached hydrogens (tertiary/aromatic N) is 2. The maximum atomic E-state index is 12.0. The van der Waals surface area contributed by atoms with E-state index in [-0.39, 0.29) is 11.1 Å². The van der Waals surface area contributed by atoms with Gasteiger partial charge in [-0.2, -0.15) is 16.8 Å². The van der Waals surface area contributed by atoms with E-state index < -0.39 is 62.4 Å². The summed E-state index contributed by atoms with van der Waals surface area (Å²) in [5, 5.41) is 23.7. The quantitative estimate of drug-likeness (QED) is 0.181. The first-order valence-corrected chi connectivity index (χ1v) is 12.4. The first kappa shape index (κ1) is 24.6. The monoisotopic (exact) mass is 605 g/mol. The molecule has 0 unspecified atom stereocenters. The van der Waals surface area contributed by atoms with Crippen LogP contribution in [-0.4, -0.2) is 35.8 Å². The largest absolute Gasteiger partial charge is 0.295 e. The molecule has 0 aliphatic carbocycles. The van der Waals surface area contributed by atoms with E-state index in [2.05, 4.69) is 6.07 Å². The minimum absolute atomic E-state index is 0.142. The summed E-state index contributed by atoms with van der Waals surface area (Å²) in [6, 6.07) is 11.2. The average Bonchev–Trinajstić information content (AvgIpc) is 2.71. The SMILES string of the molecule is O=[N+]([O-])c1[c]cc(-c2ccc(I)cc2)c([N+](=O)[O-])c1-c1ccc(S(=O)(=O)O)cc1S(=O)(=O)O. The van der Waals surface area contributed by atoms with Crippen molar-refractivity contribution in [2.24, 2.45) is 0 Å². The Hall–Kier alpha value is -2.99. The highest BCUT2D eigenvalue weighted by Gasteiger charge is 2.35. The fraction of sp³-hybridized carbons (Fsp3) is 0. The molecule has 171 valence electrons. The molecule has 0 aliphatic heterocycles. The maximum Gasteiger partial charge on any atom is 0.295 e. The molecule has 3 aromatic rings. The highest BCUT2D eigenvalue weighted by Crippen LogP contribution is 2.46. The summed E-state index contributed by atoms with van der Waals surface area (Å²) in [6.07, 6.45) is 0. The number of hydrogen-bond donors (Lipinski definition) is 2. The van der Waals surface area contributed by atoms with E-state index in [0.717, 1.165) is 9.64 Å². The van der Waals surface area contributed by atoms with Crippen LogP contribution in [0.4, 0.5) is 11.4 Å². The summed E-state index contributed by atoms with van der Waals surface area (Å²) >= 11 is 2.00. The van der Waals surface area contributed by atoms with Crippen LogP contribution in [0.2, 0.25) is 0 Å². The van der Waals surface area contributed by atoms with Gasteiger partial charge in [-0.25, -0.2) is 0 Å². The number of nitro benzene ring substituents is 2. The van der Waals surface area contributed by atoms with Crippen LogP contribution in [0.25, 0.3) is 22.3 Å². The molecule has 0 fully saturated rings. The van der Waals surface area contributed by atoms with Crippen LogP contribution in [0, 0.1) is 29.9 Å². The zero-order chi connectivity index (χ0) is 24.7. The highest BCUT2D eigenvalue weighted by atomic mass is 127. The van der Waals surface area contributed by atoms with Gasteiger partial charge in [0.05, 0.1) is 26.4 Å². The van der Waals surface area contributed by atoms with Gasteiger partial charge in [0, 0.05) is 9.13 Å². The third-order valence-electron chi connectivity index (χ3n) is 4.40. The zero-order valence-corrected chi connectivity index (χ0v) is 19.7. The summed E-state index contributed by atoms with van der Waals surface area (Å²) in [5.74, 6) is 0. The van der Waals surface area contributed by atoms with Crippen molar-refractivity contribution >= 4 is 54.2 Å². The van der Waals surface area contributed by atoms with E-state index in [1.165, 1.54) is 12.1 Å². The van der Waals surface area contributed by atoms with Gasteiger partial charge >= 0.3 is 0 Å². The number of rotatable bonds is 6. The molecule has 1 radical (unpaired) electrons. The molecule has 3 aromatic carbocycles. The van der Waals surface area contributed by atoms with E-state index in [4.69, 9.17) is 0 Å². The van der Waals surface area contributed by atoms with Crippen LogP contribution in [0.5, 0.6) is 0 Å². The lowest BCUT2D eigenvalue weighted by Gasteiger charge is -2.12. The van der Waals surface area contributed by atoms with Crippen LogP contribution in [-0.2, 0) is 20.2 Å². The highest BCUT2D eigenvalue weighted by molar-refractivity contribution is 14.1. The molecule has 0 heterocycles. The van der Waals surface area contributed by atoms with Crippen LogP contribution < -0.4 is 0 Å². The molecule has 0 bridgehead atoms. The predicted octanol–water partition coefficient (Wildman–Crippen LogP) is 3.74. The van der Waals surface area contributed by atoms with E-state index in [0.29, 0.717) is 18.2 Å².